The van der Waals surface area contributed by atoms with E-state index in [4.69, 9.17) is 23.2 Å². The molecule has 2 aliphatic heterocycles. The minimum absolute atomic E-state index is 0.252. The Kier molecular flexibility index (Phi) is 6.60. The summed E-state index contributed by atoms with van der Waals surface area (Å²) < 4.78 is 122. The summed E-state index contributed by atoms with van der Waals surface area (Å²) in [6.45, 7) is -0.258. The van der Waals surface area contributed by atoms with E-state index in [0.29, 0.717) is 30.0 Å². The zero-order chi connectivity index (χ0) is 27.7. The van der Waals surface area contributed by atoms with Crippen molar-refractivity contribution in [2.24, 2.45) is 15.9 Å². The van der Waals surface area contributed by atoms with Gasteiger partial charge in [-0.3, -0.25) is 10.3 Å². The number of nitrogens with one attached hydrogen (secondary N) is 1. The maximum absolute atomic E-state index is 13.9. The van der Waals surface area contributed by atoms with Crippen LogP contribution < -0.4 is 10.3 Å². The number of hydrogen-bond acceptors (Lipinski definition) is 5. The van der Waals surface area contributed by atoms with Gasteiger partial charge in [0, 0.05) is 6.54 Å². The van der Waals surface area contributed by atoms with Crippen molar-refractivity contribution in [3.8, 4) is 0 Å². The number of alkyl halides is 9. The van der Waals surface area contributed by atoms with Crippen LogP contribution in [0.15, 0.2) is 33.5 Å². The van der Waals surface area contributed by atoms with E-state index < -0.39 is 75.0 Å². The van der Waals surface area contributed by atoms with Gasteiger partial charge < -0.3 is 5.11 Å². The number of hydrogen-bond donors (Lipinski definition) is 2. The van der Waals surface area contributed by atoms with Crippen LogP contribution in [-0.2, 0) is 6.18 Å². The van der Waals surface area contributed by atoms with Gasteiger partial charge in [-0.15, -0.1) is 0 Å². The first-order chi connectivity index (χ1) is 16.9. The predicted octanol–water partition coefficient (Wildman–Crippen LogP) is 6.24. The molecule has 1 aromatic carbocycles. The number of amides is 1. The van der Waals surface area contributed by atoms with E-state index in [1.807, 2.05) is 0 Å². The molecule has 1 fully saturated rings. The lowest BCUT2D eigenvalue weighted by Gasteiger charge is -2.35. The minimum Gasteiger partial charge on any atom is -0.465 e. The molecule has 0 radical (unpaired) electrons. The second kappa shape index (κ2) is 8.94. The van der Waals surface area contributed by atoms with Gasteiger partial charge in [-0.2, -0.15) is 44.5 Å². The first-order valence-corrected chi connectivity index (χ1v) is 10.8. The van der Waals surface area contributed by atoms with Crippen molar-refractivity contribution >= 4 is 46.5 Å². The third kappa shape index (κ3) is 5.31. The highest BCUT2D eigenvalue weighted by Crippen LogP contribution is 2.48. The van der Waals surface area contributed by atoms with Gasteiger partial charge in [0.05, 0.1) is 26.9 Å². The van der Waals surface area contributed by atoms with Gasteiger partial charge >= 0.3 is 24.6 Å². The Hall–Kier alpha value is -2.72. The Morgan fingerprint density at radius 3 is 2.00 bits per heavy atom. The minimum atomic E-state index is -5.51. The van der Waals surface area contributed by atoms with Crippen molar-refractivity contribution in [3.63, 3.8) is 0 Å². The van der Waals surface area contributed by atoms with Crippen LogP contribution in [0.4, 0.5) is 50.0 Å². The Balaban J connectivity index is 2.01. The predicted molar refractivity (Wildman–Crippen MR) is 112 cm³/mol. The van der Waals surface area contributed by atoms with E-state index >= 15 is 0 Å². The smallest absolute Gasteiger partial charge is 0.451 e. The van der Waals surface area contributed by atoms with Crippen LogP contribution in [0.2, 0.25) is 10.0 Å². The molecule has 2 heterocycles. The van der Waals surface area contributed by atoms with E-state index in [-0.39, 0.29) is 12.5 Å². The average molecular weight is 584 g/mol. The third-order valence-electron chi connectivity index (χ3n) is 5.43. The highest BCUT2D eigenvalue weighted by Gasteiger charge is 2.55. The van der Waals surface area contributed by atoms with Crippen LogP contribution in [0.25, 0.3) is 0 Å². The molecule has 0 bridgehead atoms. The molecule has 0 spiro atoms. The second-order valence-electron chi connectivity index (χ2n) is 8.14. The summed E-state index contributed by atoms with van der Waals surface area (Å²) in [7, 11) is 0. The van der Waals surface area contributed by atoms with Crippen molar-refractivity contribution in [2.75, 3.05) is 11.6 Å². The molecule has 202 valence electrons. The quantitative estimate of drug-likeness (QED) is 0.411. The van der Waals surface area contributed by atoms with Crippen LogP contribution in [-0.4, -0.2) is 52.8 Å². The lowest BCUT2D eigenvalue weighted by Crippen LogP contribution is -2.48. The van der Waals surface area contributed by atoms with Gasteiger partial charge in [-0.05, 0) is 30.9 Å². The zero-order valence-electron chi connectivity index (χ0n) is 17.7. The molecule has 0 saturated heterocycles. The maximum Gasteiger partial charge on any atom is 0.451 e. The van der Waals surface area contributed by atoms with Gasteiger partial charge in [0.2, 0.25) is 5.84 Å². The molecule has 4 rings (SSSR count). The second-order valence-corrected chi connectivity index (χ2v) is 8.95. The fourth-order valence-corrected chi connectivity index (χ4v) is 4.44. The maximum atomic E-state index is 13.9. The number of carboxylic acid groups (broad SMARTS) is 1. The van der Waals surface area contributed by atoms with Crippen LogP contribution >= 0.6 is 23.2 Å². The van der Waals surface area contributed by atoms with Crippen molar-refractivity contribution in [2.45, 2.75) is 37.5 Å². The highest BCUT2D eigenvalue weighted by molar-refractivity contribution is 6.39. The van der Waals surface area contributed by atoms with Crippen molar-refractivity contribution in [1.82, 2.24) is 10.3 Å². The van der Waals surface area contributed by atoms with E-state index in [0.717, 1.165) is 5.01 Å². The number of aliphatic imine (C=N–C) groups is 2. The first-order valence-electron chi connectivity index (χ1n) is 10.1. The number of halogens is 11. The Morgan fingerprint density at radius 2 is 1.57 bits per heavy atom. The summed E-state index contributed by atoms with van der Waals surface area (Å²) in [5.74, 6) is -3.36. The molecular weight excluding hydrogens is 572 g/mol. The van der Waals surface area contributed by atoms with Gasteiger partial charge in [0.1, 0.15) is 5.82 Å². The molecule has 18 heteroatoms. The van der Waals surface area contributed by atoms with Crippen LogP contribution in [0, 0.1) is 5.92 Å². The Bertz CT molecular complexity index is 1210. The van der Waals surface area contributed by atoms with Crippen LogP contribution in [0.3, 0.4) is 0 Å². The number of hydrazine groups is 1. The van der Waals surface area contributed by atoms with Crippen molar-refractivity contribution < 1.29 is 49.4 Å². The molecule has 0 aromatic heterocycles. The number of carbonyl (C=O) groups is 1. The SMILES string of the molecule is O=C(O)NC1=C2C(C(F)(F)F)=NC(C(F)(F)F)=NC2N(CC2CC2)N1c1c(Cl)cc(C(F)(F)F)cc1Cl. The molecule has 1 atom stereocenters. The number of anilines is 1. The standard InChI is InChI=1S/C19H12Cl2F9N5O2/c20-8-3-7(17(22,23)24)4-9(21)11(8)35-14(33-16(36)37)10-12(18(25,26)27)31-15(19(28,29)30)32-13(10)34(35)5-6-1-2-6/h3-4,6,13,33H,1-2,5H2,(H,36,37). The lowest BCUT2D eigenvalue weighted by molar-refractivity contribution is -0.137. The zero-order valence-corrected chi connectivity index (χ0v) is 19.2. The van der Waals surface area contributed by atoms with Gasteiger partial charge in [-0.1, -0.05) is 23.2 Å². The van der Waals surface area contributed by atoms with E-state index in [2.05, 4.69) is 9.98 Å². The topological polar surface area (TPSA) is 80.5 Å². The summed E-state index contributed by atoms with van der Waals surface area (Å²) in [4.78, 5) is 17.5. The summed E-state index contributed by atoms with van der Waals surface area (Å²) in [5, 5.41) is 10.9. The normalized spacial score (nSPS) is 21.2. The molecule has 1 amide bonds. The summed E-state index contributed by atoms with van der Waals surface area (Å²) in [6, 6.07) is 0.790. The largest absolute Gasteiger partial charge is 0.465 e. The molecule has 7 nitrogen and oxygen atoms in total. The van der Waals surface area contributed by atoms with E-state index in [1.165, 1.54) is 0 Å². The van der Waals surface area contributed by atoms with E-state index in [9.17, 15) is 49.4 Å². The summed E-state index contributed by atoms with van der Waals surface area (Å²) in [6.07, 6.45) is -18.8. The summed E-state index contributed by atoms with van der Waals surface area (Å²) >= 11 is 12.1. The molecular formula is C19H12Cl2F9N5O2. The van der Waals surface area contributed by atoms with Crippen molar-refractivity contribution in [3.05, 3.63) is 39.1 Å². The van der Waals surface area contributed by atoms with Gasteiger partial charge in [-0.25, -0.2) is 14.8 Å². The van der Waals surface area contributed by atoms with Crippen LogP contribution in [0.1, 0.15) is 18.4 Å². The number of nitrogens with zero attached hydrogens (tertiary/aromatic N) is 4. The highest BCUT2D eigenvalue weighted by atomic mass is 35.5. The van der Waals surface area contributed by atoms with Gasteiger partial charge in [0.25, 0.3) is 0 Å². The number of fused-ring (bicyclic) bond motifs is 1. The van der Waals surface area contributed by atoms with Crippen LogP contribution in [0.5, 0.6) is 0 Å². The molecule has 1 unspecified atom stereocenters. The molecule has 1 aliphatic carbocycles. The van der Waals surface area contributed by atoms with Crippen molar-refractivity contribution in [1.29, 1.82) is 0 Å². The molecule has 1 aromatic rings. The molecule has 3 aliphatic rings. The Morgan fingerprint density at radius 1 is 1.00 bits per heavy atom. The monoisotopic (exact) mass is 583 g/mol. The fraction of sp³-hybridized carbons (Fsp3) is 0.421. The lowest BCUT2D eigenvalue weighted by atomic mass is 10.1. The number of amidine groups is 1. The van der Waals surface area contributed by atoms with Gasteiger partial charge in [0.15, 0.2) is 11.9 Å². The summed E-state index contributed by atoms with van der Waals surface area (Å²) in [5.41, 5.74) is -5.12. The number of rotatable bonds is 4. The molecule has 1 saturated carbocycles. The average Bonchev–Trinajstić information content (AvgIpc) is 3.50. The number of benzene rings is 1. The van der Waals surface area contributed by atoms with E-state index in [1.54, 1.807) is 5.32 Å². The molecule has 37 heavy (non-hydrogen) atoms. The Labute approximate surface area is 210 Å². The third-order valence-corrected chi connectivity index (χ3v) is 6.00. The molecule has 2 N–H and O–H groups in total. The first kappa shape index (κ1) is 27.3. The fourth-order valence-electron chi connectivity index (χ4n) is 3.79.